The second-order valence-electron chi connectivity index (χ2n) is 8.75. The molecule has 1 aliphatic rings. The zero-order valence-corrected chi connectivity index (χ0v) is 20.9. The van der Waals surface area contributed by atoms with Gasteiger partial charge in [-0.25, -0.2) is 0 Å². The molecular formula is C30H32N2O5. The lowest BCUT2D eigenvalue weighted by Gasteiger charge is -2.14. The molecule has 1 fully saturated rings. The summed E-state index contributed by atoms with van der Waals surface area (Å²) >= 11 is 0. The highest BCUT2D eigenvalue weighted by Crippen LogP contribution is 2.17. The monoisotopic (exact) mass is 500 g/mol. The quantitative estimate of drug-likeness (QED) is 0.299. The molecule has 0 spiro atoms. The van der Waals surface area contributed by atoms with Crippen LogP contribution in [0.15, 0.2) is 84.6 Å². The minimum Gasteiger partial charge on any atom is -0.490 e. The first-order valence-electron chi connectivity index (χ1n) is 12.5. The van der Waals surface area contributed by atoms with Crippen LogP contribution in [0.2, 0.25) is 0 Å². The summed E-state index contributed by atoms with van der Waals surface area (Å²) in [5.74, 6) is 0.804. The van der Waals surface area contributed by atoms with E-state index in [-0.39, 0.29) is 23.6 Å². The van der Waals surface area contributed by atoms with Crippen molar-refractivity contribution in [2.45, 2.75) is 25.9 Å². The van der Waals surface area contributed by atoms with Crippen molar-refractivity contribution in [3.8, 4) is 11.5 Å². The SMILES string of the molecule is Cc1ccccc1OCCOc1ccc(/C=C(\NC(=O)c2ccccc2)C(=O)NC[C@@H]2CCCO2)cc1. The summed E-state index contributed by atoms with van der Waals surface area (Å²) < 4.78 is 17.1. The predicted molar refractivity (Wildman–Crippen MR) is 142 cm³/mol. The number of aryl methyl sites for hydroxylation is 1. The van der Waals surface area contributed by atoms with E-state index in [9.17, 15) is 9.59 Å². The number of hydrogen-bond donors (Lipinski definition) is 2. The Balaban J connectivity index is 1.37. The van der Waals surface area contributed by atoms with Gasteiger partial charge in [-0.15, -0.1) is 0 Å². The third kappa shape index (κ3) is 7.95. The Bertz CT molecular complexity index is 1200. The van der Waals surface area contributed by atoms with Crippen molar-refractivity contribution >= 4 is 17.9 Å². The molecule has 0 unspecified atom stereocenters. The molecule has 7 nitrogen and oxygen atoms in total. The van der Waals surface area contributed by atoms with Gasteiger partial charge in [-0.1, -0.05) is 48.5 Å². The topological polar surface area (TPSA) is 85.9 Å². The number of carbonyl (C=O) groups is 2. The maximum Gasteiger partial charge on any atom is 0.267 e. The number of amides is 2. The van der Waals surface area contributed by atoms with E-state index in [1.54, 1.807) is 30.3 Å². The number of carbonyl (C=O) groups excluding carboxylic acids is 2. The van der Waals surface area contributed by atoms with Crippen molar-refractivity contribution in [3.63, 3.8) is 0 Å². The fourth-order valence-electron chi connectivity index (χ4n) is 3.91. The average molecular weight is 501 g/mol. The maximum atomic E-state index is 13.0. The summed E-state index contributed by atoms with van der Waals surface area (Å²) in [5, 5.41) is 5.63. The molecule has 2 N–H and O–H groups in total. The number of benzene rings is 3. The highest BCUT2D eigenvalue weighted by Gasteiger charge is 2.19. The standard InChI is InChI=1S/C30H32N2O5/c1-22-8-5-6-12-28(22)37-19-18-36-25-15-13-23(14-16-25)20-27(30(34)31-21-26-11-7-17-35-26)32-29(33)24-9-3-2-4-10-24/h2-6,8-10,12-16,20,26H,7,11,17-19,21H2,1H3,(H,31,34)(H,32,33)/b27-20-/t26-/m0/s1. The van der Waals surface area contributed by atoms with Crippen LogP contribution in [0, 0.1) is 6.92 Å². The van der Waals surface area contributed by atoms with Crippen LogP contribution in [0.1, 0.15) is 34.3 Å². The summed E-state index contributed by atoms with van der Waals surface area (Å²) in [6, 6.07) is 23.9. The summed E-state index contributed by atoms with van der Waals surface area (Å²) in [4.78, 5) is 25.7. The zero-order chi connectivity index (χ0) is 25.9. The molecule has 1 atom stereocenters. The zero-order valence-electron chi connectivity index (χ0n) is 20.9. The number of para-hydroxylation sites is 1. The summed E-state index contributed by atoms with van der Waals surface area (Å²) in [7, 11) is 0. The lowest BCUT2D eigenvalue weighted by Crippen LogP contribution is -2.38. The van der Waals surface area contributed by atoms with Gasteiger partial charge in [0.05, 0.1) is 6.10 Å². The van der Waals surface area contributed by atoms with Gasteiger partial charge in [0.1, 0.15) is 30.4 Å². The molecule has 1 aliphatic heterocycles. The Morgan fingerprint density at radius 1 is 0.946 bits per heavy atom. The Hall–Kier alpha value is -4.10. The van der Waals surface area contributed by atoms with Crippen molar-refractivity contribution in [3.05, 3.63) is 101 Å². The van der Waals surface area contributed by atoms with Crippen molar-refractivity contribution < 1.29 is 23.8 Å². The predicted octanol–water partition coefficient (Wildman–Crippen LogP) is 4.52. The molecular weight excluding hydrogens is 468 g/mol. The molecule has 1 heterocycles. The molecule has 0 saturated carbocycles. The van der Waals surface area contributed by atoms with Crippen LogP contribution in [-0.2, 0) is 9.53 Å². The van der Waals surface area contributed by atoms with Crippen molar-refractivity contribution in [2.75, 3.05) is 26.4 Å². The first-order chi connectivity index (χ1) is 18.1. The van der Waals surface area contributed by atoms with Crippen LogP contribution < -0.4 is 20.1 Å². The second-order valence-corrected chi connectivity index (χ2v) is 8.75. The minimum absolute atomic E-state index is 0.00115. The molecule has 0 aromatic heterocycles. The van der Waals surface area contributed by atoms with Gasteiger partial charge in [-0.05, 0) is 67.3 Å². The van der Waals surface area contributed by atoms with Crippen LogP contribution in [0.3, 0.4) is 0 Å². The Kier molecular flexibility index (Phi) is 9.32. The third-order valence-corrected chi connectivity index (χ3v) is 5.94. The normalized spacial score (nSPS) is 15.2. The molecule has 3 aromatic carbocycles. The van der Waals surface area contributed by atoms with Crippen molar-refractivity contribution in [1.82, 2.24) is 10.6 Å². The molecule has 7 heteroatoms. The summed E-state index contributed by atoms with van der Waals surface area (Å²) in [6.07, 6.45) is 3.55. The Morgan fingerprint density at radius 2 is 1.68 bits per heavy atom. The van der Waals surface area contributed by atoms with E-state index in [2.05, 4.69) is 10.6 Å². The smallest absolute Gasteiger partial charge is 0.267 e. The van der Waals surface area contributed by atoms with E-state index >= 15 is 0 Å². The number of nitrogens with one attached hydrogen (secondary N) is 2. The van der Waals surface area contributed by atoms with Crippen LogP contribution in [0.25, 0.3) is 6.08 Å². The first-order valence-corrected chi connectivity index (χ1v) is 12.5. The van der Waals surface area contributed by atoms with Crippen molar-refractivity contribution in [2.24, 2.45) is 0 Å². The Labute approximate surface area is 217 Å². The number of rotatable bonds is 11. The van der Waals surface area contributed by atoms with E-state index in [4.69, 9.17) is 14.2 Å². The lowest BCUT2D eigenvalue weighted by molar-refractivity contribution is -0.118. The van der Waals surface area contributed by atoms with E-state index in [1.165, 1.54) is 0 Å². The van der Waals surface area contributed by atoms with Gasteiger partial charge in [-0.2, -0.15) is 0 Å². The van der Waals surface area contributed by atoms with Gasteiger partial charge in [0, 0.05) is 18.7 Å². The second kappa shape index (κ2) is 13.3. The molecule has 1 saturated heterocycles. The molecule has 0 radical (unpaired) electrons. The van der Waals surface area contributed by atoms with E-state index in [1.807, 2.05) is 61.5 Å². The van der Waals surface area contributed by atoms with Gasteiger partial charge in [-0.3, -0.25) is 9.59 Å². The largest absolute Gasteiger partial charge is 0.490 e. The average Bonchev–Trinajstić information content (AvgIpc) is 3.45. The fourth-order valence-corrected chi connectivity index (χ4v) is 3.91. The number of hydrogen-bond acceptors (Lipinski definition) is 5. The van der Waals surface area contributed by atoms with E-state index in [0.717, 1.165) is 29.7 Å². The van der Waals surface area contributed by atoms with Crippen LogP contribution in [0.5, 0.6) is 11.5 Å². The minimum atomic E-state index is -0.367. The van der Waals surface area contributed by atoms with Crippen LogP contribution in [-0.4, -0.2) is 44.3 Å². The molecule has 4 rings (SSSR count). The maximum absolute atomic E-state index is 13.0. The highest BCUT2D eigenvalue weighted by atomic mass is 16.5. The van der Waals surface area contributed by atoms with Gasteiger partial charge in [0.15, 0.2) is 0 Å². The lowest BCUT2D eigenvalue weighted by atomic mass is 10.1. The van der Waals surface area contributed by atoms with Gasteiger partial charge < -0.3 is 24.8 Å². The van der Waals surface area contributed by atoms with Crippen LogP contribution >= 0.6 is 0 Å². The first kappa shape index (κ1) is 26.0. The van der Waals surface area contributed by atoms with Crippen molar-refractivity contribution in [1.29, 1.82) is 0 Å². The fraction of sp³-hybridized carbons (Fsp3) is 0.267. The molecule has 0 aliphatic carbocycles. The molecule has 0 bridgehead atoms. The number of ether oxygens (including phenoxy) is 3. The van der Waals surface area contributed by atoms with Gasteiger partial charge in [0.2, 0.25) is 0 Å². The summed E-state index contributed by atoms with van der Waals surface area (Å²) in [6.45, 7) is 3.93. The van der Waals surface area contributed by atoms with E-state index in [0.29, 0.717) is 37.7 Å². The van der Waals surface area contributed by atoms with Gasteiger partial charge >= 0.3 is 0 Å². The summed E-state index contributed by atoms with van der Waals surface area (Å²) in [5.41, 5.74) is 2.46. The molecule has 192 valence electrons. The highest BCUT2D eigenvalue weighted by molar-refractivity contribution is 6.05. The van der Waals surface area contributed by atoms with Crippen LogP contribution in [0.4, 0.5) is 0 Å². The van der Waals surface area contributed by atoms with E-state index < -0.39 is 0 Å². The third-order valence-electron chi connectivity index (χ3n) is 5.94. The molecule has 3 aromatic rings. The van der Waals surface area contributed by atoms with Gasteiger partial charge in [0.25, 0.3) is 11.8 Å². The molecule has 2 amide bonds. The molecule has 37 heavy (non-hydrogen) atoms. The Morgan fingerprint density at radius 3 is 2.41 bits per heavy atom.